The van der Waals surface area contributed by atoms with Crippen LogP contribution in [0.1, 0.15) is 25.1 Å². The van der Waals surface area contributed by atoms with E-state index in [1.807, 2.05) is 18.5 Å². The number of pyridine rings is 1. The number of hydrogen-bond acceptors (Lipinski definition) is 3. The molecule has 0 amide bonds. The van der Waals surface area contributed by atoms with E-state index in [1.54, 1.807) is 6.33 Å². The molecule has 0 saturated heterocycles. The van der Waals surface area contributed by atoms with Gasteiger partial charge in [-0.3, -0.25) is 0 Å². The molecular weight excluding hydrogens is 212 g/mol. The second-order valence-electron chi connectivity index (χ2n) is 4.49. The van der Waals surface area contributed by atoms with Crippen LogP contribution >= 0.6 is 0 Å². The molecule has 0 aliphatic heterocycles. The fourth-order valence-electron chi connectivity index (χ4n) is 1.76. The Labute approximate surface area is 102 Å². The minimum Gasteiger partial charge on any atom is -0.348 e. The van der Waals surface area contributed by atoms with Crippen LogP contribution in [-0.2, 0) is 6.54 Å². The molecule has 0 unspecified atom stereocenters. The van der Waals surface area contributed by atoms with Crippen LogP contribution in [0.3, 0.4) is 0 Å². The highest BCUT2D eigenvalue weighted by Gasteiger charge is 2.13. The second-order valence-corrected chi connectivity index (χ2v) is 4.49. The van der Waals surface area contributed by atoms with E-state index >= 15 is 0 Å². The van der Waals surface area contributed by atoms with E-state index < -0.39 is 0 Å². The topological polar surface area (TPSA) is 44.8 Å². The van der Waals surface area contributed by atoms with Gasteiger partial charge in [0, 0.05) is 18.4 Å². The maximum Gasteiger partial charge on any atom is 0.129 e. The first-order valence-corrected chi connectivity index (χ1v) is 5.83. The Morgan fingerprint density at radius 2 is 2.24 bits per heavy atom. The summed E-state index contributed by atoms with van der Waals surface area (Å²) in [5, 5.41) is 0. The molecular formula is C13H18N4. The Morgan fingerprint density at radius 3 is 2.82 bits per heavy atom. The zero-order chi connectivity index (χ0) is 12.3. The van der Waals surface area contributed by atoms with Crippen LogP contribution in [-0.4, -0.2) is 21.0 Å². The number of rotatable bonds is 4. The predicted molar refractivity (Wildman–Crippen MR) is 68.9 cm³/mol. The van der Waals surface area contributed by atoms with E-state index in [0.29, 0.717) is 6.04 Å². The second kappa shape index (κ2) is 4.99. The zero-order valence-corrected chi connectivity index (χ0v) is 10.5. The first-order valence-electron chi connectivity index (χ1n) is 5.83. The summed E-state index contributed by atoms with van der Waals surface area (Å²) in [4.78, 5) is 13.9. The third kappa shape index (κ3) is 2.84. The van der Waals surface area contributed by atoms with Gasteiger partial charge in [-0.15, -0.1) is 0 Å². The van der Waals surface area contributed by atoms with E-state index in [-0.39, 0.29) is 0 Å². The highest BCUT2D eigenvalue weighted by molar-refractivity contribution is 5.41. The van der Waals surface area contributed by atoms with Crippen molar-refractivity contribution in [2.24, 2.45) is 0 Å². The SMILES string of the molecule is Cc1ccnc(N(Cc2cnc[nH]2)C(C)C)c1. The molecule has 90 valence electrons. The van der Waals surface area contributed by atoms with Crippen LogP contribution in [0.25, 0.3) is 0 Å². The molecule has 0 radical (unpaired) electrons. The molecule has 2 heterocycles. The van der Waals surface area contributed by atoms with Gasteiger partial charge in [-0.25, -0.2) is 9.97 Å². The average Bonchev–Trinajstić information content (AvgIpc) is 2.78. The van der Waals surface area contributed by atoms with Gasteiger partial charge in [0.05, 0.1) is 18.6 Å². The molecule has 4 heteroatoms. The molecule has 4 nitrogen and oxygen atoms in total. The highest BCUT2D eigenvalue weighted by atomic mass is 15.2. The molecule has 0 atom stereocenters. The van der Waals surface area contributed by atoms with Gasteiger partial charge in [0.15, 0.2) is 0 Å². The number of hydrogen-bond donors (Lipinski definition) is 1. The number of aromatic nitrogens is 3. The van der Waals surface area contributed by atoms with Gasteiger partial charge in [-0.1, -0.05) is 0 Å². The normalized spacial score (nSPS) is 10.8. The zero-order valence-electron chi connectivity index (χ0n) is 10.5. The lowest BCUT2D eigenvalue weighted by atomic mass is 10.2. The van der Waals surface area contributed by atoms with Gasteiger partial charge < -0.3 is 9.88 Å². The minimum atomic E-state index is 0.396. The van der Waals surface area contributed by atoms with Crippen LogP contribution in [0.4, 0.5) is 5.82 Å². The number of aromatic amines is 1. The fourth-order valence-corrected chi connectivity index (χ4v) is 1.76. The van der Waals surface area contributed by atoms with Gasteiger partial charge >= 0.3 is 0 Å². The van der Waals surface area contributed by atoms with Crippen molar-refractivity contribution >= 4 is 5.82 Å². The lowest BCUT2D eigenvalue weighted by Gasteiger charge is -2.27. The summed E-state index contributed by atoms with van der Waals surface area (Å²) in [5.41, 5.74) is 2.33. The third-order valence-corrected chi connectivity index (χ3v) is 2.71. The van der Waals surface area contributed by atoms with E-state index in [1.165, 1.54) is 5.56 Å². The van der Waals surface area contributed by atoms with Crippen molar-refractivity contribution in [2.75, 3.05) is 4.90 Å². The maximum atomic E-state index is 4.43. The number of aryl methyl sites for hydroxylation is 1. The minimum absolute atomic E-state index is 0.396. The number of nitrogens with zero attached hydrogens (tertiary/aromatic N) is 3. The van der Waals surface area contributed by atoms with Crippen molar-refractivity contribution in [1.29, 1.82) is 0 Å². The van der Waals surface area contributed by atoms with Crippen LogP contribution in [0, 0.1) is 6.92 Å². The summed E-state index contributed by atoms with van der Waals surface area (Å²) in [6, 6.07) is 4.52. The molecule has 0 fully saturated rings. The highest BCUT2D eigenvalue weighted by Crippen LogP contribution is 2.17. The van der Waals surface area contributed by atoms with Crippen LogP contribution in [0.15, 0.2) is 30.9 Å². The average molecular weight is 230 g/mol. The van der Waals surface area contributed by atoms with Gasteiger partial charge in [0.25, 0.3) is 0 Å². The summed E-state index contributed by atoms with van der Waals surface area (Å²) < 4.78 is 0. The lowest BCUT2D eigenvalue weighted by molar-refractivity contribution is 0.665. The molecule has 0 aliphatic carbocycles. The van der Waals surface area contributed by atoms with Crippen LogP contribution in [0.2, 0.25) is 0 Å². The predicted octanol–water partition coefficient (Wildman–Crippen LogP) is 2.53. The number of H-pyrrole nitrogens is 1. The van der Waals surface area contributed by atoms with E-state index in [4.69, 9.17) is 0 Å². The summed E-state index contributed by atoms with van der Waals surface area (Å²) >= 11 is 0. The smallest absolute Gasteiger partial charge is 0.129 e. The molecule has 1 N–H and O–H groups in total. The van der Waals surface area contributed by atoms with Gasteiger partial charge in [0.2, 0.25) is 0 Å². The van der Waals surface area contributed by atoms with Crippen molar-refractivity contribution in [1.82, 2.24) is 15.0 Å². The molecule has 0 aliphatic rings. The largest absolute Gasteiger partial charge is 0.348 e. The summed E-state index contributed by atoms with van der Waals surface area (Å²) in [7, 11) is 0. The molecule has 2 aromatic heterocycles. The van der Waals surface area contributed by atoms with Gasteiger partial charge in [0.1, 0.15) is 5.82 Å². The maximum absolute atomic E-state index is 4.43. The van der Waals surface area contributed by atoms with Crippen molar-refractivity contribution in [3.05, 3.63) is 42.1 Å². The van der Waals surface area contributed by atoms with Gasteiger partial charge in [-0.05, 0) is 38.5 Å². The Bertz CT molecular complexity index is 462. The lowest BCUT2D eigenvalue weighted by Crippen LogP contribution is -2.31. The first kappa shape index (κ1) is 11.6. The summed E-state index contributed by atoms with van der Waals surface area (Å²) in [6.07, 6.45) is 5.41. The summed E-state index contributed by atoms with van der Waals surface area (Å²) in [5.74, 6) is 1.01. The van der Waals surface area contributed by atoms with Crippen molar-refractivity contribution < 1.29 is 0 Å². The number of anilines is 1. The van der Waals surface area contributed by atoms with Crippen molar-refractivity contribution in [2.45, 2.75) is 33.4 Å². The van der Waals surface area contributed by atoms with Crippen LogP contribution < -0.4 is 4.90 Å². The molecule has 17 heavy (non-hydrogen) atoms. The third-order valence-electron chi connectivity index (χ3n) is 2.71. The standard InChI is InChI=1S/C13H18N4/c1-10(2)17(8-12-7-14-9-16-12)13-6-11(3)4-5-15-13/h4-7,9-10H,8H2,1-3H3,(H,14,16). The first-order chi connectivity index (χ1) is 8.16. The Balaban J connectivity index is 2.23. The van der Waals surface area contributed by atoms with E-state index in [2.05, 4.69) is 46.7 Å². The van der Waals surface area contributed by atoms with Gasteiger partial charge in [-0.2, -0.15) is 0 Å². The van der Waals surface area contributed by atoms with Crippen LogP contribution in [0.5, 0.6) is 0 Å². The Hall–Kier alpha value is -1.84. The van der Waals surface area contributed by atoms with Crippen molar-refractivity contribution in [3.63, 3.8) is 0 Å². The fraction of sp³-hybridized carbons (Fsp3) is 0.385. The number of imidazole rings is 1. The van der Waals surface area contributed by atoms with E-state index in [0.717, 1.165) is 18.1 Å². The molecule has 0 bridgehead atoms. The Kier molecular flexibility index (Phi) is 3.42. The molecule has 0 saturated carbocycles. The number of nitrogens with one attached hydrogen (secondary N) is 1. The molecule has 0 aromatic carbocycles. The summed E-state index contributed by atoms with van der Waals surface area (Å²) in [6.45, 7) is 7.22. The quantitative estimate of drug-likeness (QED) is 0.877. The van der Waals surface area contributed by atoms with Crippen molar-refractivity contribution in [3.8, 4) is 0 Å². The molecule has 0 spiro atoms. The molecule has 2 aromatic rings. The van der Waals surface area contributed by atoms with E-state index in [9.17, 15) is 0 Å². The Morgan fingerprint density at radius 1 is 1.41 bits per heavy atom. The monoisotopic (exact) mass is 230 g/mol. The molecule has 2 rings (SSSR count).